The zero-order valence-electron chi connectivity index (χ0n) is 20.5. The Morgan fingerprint density at radius 2 is 1.63 bits per heavy atom. The van der Waals surface area contributed by atoms with Crippen LogP contribution in [0.1, 0.15) is 52.0 Å². The number of Topliss-reactive ketones (excluding diaryl/α,β-unsaturated/α-hetero) is 1. The number of hydrogen-bond donors (Lipinski definition) is 3. The molecule has 0 radical (unpaired) electrons. The molecule has 4 rings (SSSR count). The lowest BCUT2D eigenvalue weighted by Crippen LogP contribution is -2.38. The van der Waals surface area contributed by atoms with Gasteiger partial charge in [0.1, 0.15) is 0 Å². The fraction of sp³-hybridized carbons (Fsp3) is 0.321. The maximum absolute atomic E-state index is 13.3. The first-order chi connectivity index (χ1) is 16.7. The lowest BCUT2D eigenvalue weighted by atomic mass is 9.68. The summed E-state index contributed by atoms with van der Waals surface area (Å²) in [5, 5.41) is 8.92. The average molecular weight is 474 g/mol. The Kier molecular flexibility index (Phi) is 6.78. The number of para-hydroxylation sites is 1. The Hall–Kier alpha value is -3.87. The number of amides is 2. The Morgan fingerprint density at radius 3 is 2.26 bits per heavy atom. The van der Waals surface area contributed by atoms with E-state index in [0.29, 0.717) is 34.6 Å². The standard InChI is InChI=1S/C28H31N3O4/c1-5-35-26(33)23-17(2)29-21-15-28(3,4)16-22(32)25(21)24(23)18-11-13-20(14-12-18)31-27(34)30-19-9-7-6-8-10-19/h6-14,24,29H,5,15-16H2,1-4H3,(H2,30,31,34). The number of urea groups is 1. The minimum absolute atomic E-state index is 0.0347. The molecule has 1 heterocycles. The summed E-state index contributed by atoms with van der Waals surface area (Å²) in [6.07, 6.45) is 1.13. The molecule has 1 aliphatic carbocycles. The van der Waals surface area contributed by atoms with Gasteiger partial charge in [-0.25, -0.2) is 9.59 Å². The highest BCUT2D eigenvalue weighted by Crippen LogP contribution is 2.46. The molecule has 182 valence electrons. The van der Waals surface area contributed by atoms with Crippen LogP contribution in [-0.2, 0) is 14.3 Å². The molecule has 0 bridgehead atoms. The van der Waals surface area contributed by atoms with Crippen LogP contribution in [0.2, 0.25) is 0 Å². The molecule has 2 aromatic rings. The second-order valence-electron chi connectivity index (χ2n) is 9.72. The Bertz CT molecular complexity index is 1210. The summed E-state index contributed by atoms with van der Waals surface area (Å²) in [5.41, 5.74) is 4.56. The zero-order chi connectivity index (χ0) is 25.2. The monoisotopic (exact) mass is 473 g/mol. The van der Waals surface area contributed by atoms with Gasteiger partial charge in [0, 0.05) is 40.7 Å². The predicted molar refractivity (Wildman–Crippen MR) is 136 cm³/mol. The number of carbonyl (C=O) groups excluding carboxylic acids is 3. The van der Waals surface area contributed by atoms with Gasteiger partial charge in [-0.2, -0.15) is 0 Å². The van der Waals surface area contributed by atoms with Crippen LogP contribution >= 0.6 is 0 Å². The number of benzene rings is 2. The van der Waals surface area contributed by atoms with E-state index in [0.717, 1.165) is 17.7 Å². The number of carbonyl (C=O) groups is 3. The molecular formula is C28H31N3O4. The van der Waals surface area contributed by atoms with Gasteiger partial charge in [-0.1, -0.05) is 44.2 Å². The van der Waals surface area contributed by atoms with E-state index in [4.69, 9.17) is 4.74 Å². The molecule has 0 fully saturated rings. The molecule has 2 aromatic carbocycles. The second-order valence-corrected chi connectivity index (χ2v) is 9.72. The van der Waals surface area contributed by atoms with Gasteiger partial charge in [-0.15, -0.1) is 0 Å². The number of anilines is 2. The fourth-order valence-corrected chi connectivity index (χ4v) is 4.82. The van der Waals surface area contributed by atoms with Crippen molar-refractivity contribution in [2.75, 3.05) is 17.2 Å². The lowest BCUT2D eigenvalue weighted by molar-refractivity contribution is -0.138. The average Bonchev–Trinajstić information content (AvgIpc) is 2.78. The van der Waals surface area contributed by atoms with Crippen molar-refractivity contribution in [3.8, 4) is 0 Å². The van der Waals surface area contributed by atoms with Gasteiger partial charge < -0.3 is 20.7 Å². The van der Waals surface area contributed by atoms with Crippen molar-refractivity contribution in [3.05, 3.63) is 82.7 Å². The van der Waals surface area contributed by atoms with Crippen molar-refractivity contribution in [3.63, 3.8) is 0 Å². The molecular weight excluding hydrogens is 442 g/mol. The van der Waals surface area contributed by atoms with Crippen LogP contribution in [-0.4, -0.2) is 24.4 Å². The second kappa shape index (κ2) is 9.78. The molecule has 35 heavy (non-hydrogen) atoms. The molecule has 7 nitrogen and oxygen atoms in total. The van der Waals surface area contributed by atoms with E-state index in [1.54, 1.807) is 31.2 Å². The molecule has 0 saturated heterocycles. The Morgan fingerprint density at radius 1 is 1.00 bits per heavy atom. The molecule has 7 heteroatoms. The van der Waals surface area contributed by atoms with Crippen LogP contribution < -0.4 is 16.0 Å². The Balaban J connectivity index is 1.64. The summed E-state index contributed by atoms with van der Waals surface area (Å²) in [6.45, 7) is 8.00. The first-order valence-electron chi connectivity index (χ1n) is 11.8. The summed E-state index contributed by atoms with van der Waals surface area (Å²) in [5.74, 6) is -0.926. The van der Waals surface area contributed by atoms with Gasteiger partial charge in [0.05, 0.1) is 12.2 Å². The summed E-state index contributed by atoms with van der Waals surface area (Å²) in [4.78, 5) is 38.6. The van der Waals surface area contributed by atoms with E-state index in [1.165, 1.54) is 0 Å². The SMILES string of the molecule is CCOC(=O)C1=C(C)NC2=C(C(=O)CC(C)(C)C2)C1c1ccc(NC(=O)Nc2ccccc2)cc1. The summed E-state index contributed by atoms with van der Waals surface area (Å²) in [6, 6.07) is 16.1. The zero-order valence-corrected chi connectivity index (χ0v) is 20.5. The number of esters is 1. The number of ether oxygens (including phenoxy) is 1. The number of allylic oxidation sites excluding steroid dienone is 3. The summed E-state index contributed by atoms with van der Waals surface area (Å²) in [7, 11) is 0. The fourth-order valence-electron chi connectivity index (χ4n) is 4.82. The first-order valence-corrected chi connectivity index (χ1v) is 11.8. The van der Waals surface area contributed by atoms with Gasteiger partial charge in [0.25, 0.3) is 0 Å². The maximum atomic E-state index is 13.3. The quantitative estimate of drug-likeness (QED) is 0.499. The van der Waals surface area contributed by atoms with Gasteiger partial charge >= 0.3 is 12.0 Å². The van der Waals surface area contributed by atoms with Crippen LogP contribution in [0.5, 0.6) is 0 Å². The third-order valence-electron chi connectivity index (χ3n) is 6.27. The van der Waals surface area contributed by atoms with E-state index in [1.807, 2.05) is 37.3 Å². The number of nitrogens with one attached hydrogen (secondary N) is 3. The van der Waals surface area contributed by atoms with Crippen molar-refractivity contribution >= 4 is 29.2 Å². The predicted octanol–water partition coefficient (Wildman–Crippen LogP) is 5.50. The number of ketones is 1. The summed E-state index contributed by atoms with van der Waals surface area (Å²) < 4.78 is 5.36. The molecule has 3 N–H and O–H groups in total. The molecule has 2 aliphatic rings. The third-order valence-corrected chi connectivity index (χ3v) is 6.27. The minimum atomic E-state index is -0.527. The third kappa shape index (κ3) is 5.29. The van der Waals surface area contributed by atoms with Gasteiger partial charge in [-0.3, -0.25) is 4.79 Å². The van der Waals surface area contributed by atoms with E-state index < -0.39 is 11.9 Å². The molecule has 1 unspecified atom stereocenters. The lowest BCUT2D eigenvalue weighted by Gasteiger charge is -2.39. The van der Waals surface area contributed by atoms with Crippen molar-refractivity contribution in [2.45, 2.75) is 46.5 Å². The van der Waals surface area contributed by atoms with E-state index >= 15 is 0 Å². The first kappa shape index (κ1) is 24.3. The molecule has 1 aliphatic heterocycles. The normalized spacial score (nSPS) is 19.0. The topological polar surface area (TPSA) is 96.5 Å². The van der Waals surface area contributed by atoms with Crippen molar-refractivity contribution < 1.29 is 19.1 Å². The highest BCUT2D eigenvalue weighted by molar-refractivity contribution is 6.04. The molecule has 0 aromatic heterocycles. The van der Waals surface area contributed by atoms with Crippen LogP contribution in [0.15, 0.2) is 77.1 Å². The largest absolute Gasteiger partial charge is 0.463 e. The molecule has 2 amide bonds. The van der Waals surface area contributed by atoms with Gasteiger partial charge in [-0.05, 0) is 55.5 Å². The van der Waals surface area contributed by atoms with Crippen LogP contribution in [0, 0.1) is 5.41 Å². The Labute approximate surface area is 205 Å². The van der Waals surface area contributed by atoms with Crippen LogP contribution in [0.4, 0.5) is 16.2 Å². The van der Waals surface area contributed by atoms with Crippen LogP contribution in [0.25, 0.3) is 0 Å². The van der Waals surface area contributed by atoms with Gasteiger partial charge in [0.2, 0.25) is 0 Å². The van der Waals surface area contributed by atoms with Crippen molar-refractivity contribution in [1.29, 1.82) is 0 Å². The van der Waals surface area contributed by atoms with Crippen LogP contribution in [0.3, 0.4) is 0 Å². The number of rotatable bonds is 5. The van der Waals surface area contributed by atoms with Crippen molar-refractivity contribution in [2.24, 2.45) is 5.41 Å². The van der Waals surface area contributed by atoms with Crippen molar-refractivity contribution in [1.82, 2.24) is 5.32 Å². The van der Waals surface area contributed by atoms with Gasteiger partial charge in [0.15, 0.2) is 5.78 Å². The van der Waals surface area contributed by atoms with E-state index in [-0.39, 0.29) is 23.8 Å². The summed E-state index contributed by atoms with van der Waals surface area (Å²) >= 11 is 0. The smallest absolute Gasteiger partial charge is 0.336 e. The molecule has 1 atom stereocenters. The molecule has 0 spiro atoms. The maximum Gasteiger partial charge on any atom is 0.336 e. The number of dihydropyridines is 1. The highest BCUT2D eigenvalue weighted by Gasteiger charge is 2.43. The number of hydrogen-bond acceptors (Lipinski definition) is 5. The highest BCUT2D eigenvalue weighted by atomic mass is 16.5. The van der Waals surface area contributed by atoms with E-state index in [2.05, 4.69) is 29.8 Å². The minimum Gasteiger partial charge on any atom is -0.463 e. The van der Waals surface area contributed by atoms with E-state index in [9.17, 15) is 14.4 Å². The molecule has 0 saturated carbocycles.